The Balaban J connectivity index is 1.64. The second-order valence-electron chi connectivity index (χ2n) is 5.29. The summed E-state index contributed by atoms with van der Waals surface area (Å²) in [7, 11) is 2.03. The van der Waals surface area contributed by atoms with Gasteiger partial charge in [-0.25, -0.2) is 0 Å². The van der Waals surface area contributed by atoms with Crippen molar-refractivity contribution >= 4 is 21.6 Å². The van der Waals surface area contributed by atoms with Gasteiger partial charge in [0.1, 0.15) is 0 Å². The van der Waals surface area contributed by atoms with Crippen molar-refractivity contribution in [1.29, 1.82) is 0 Å². The number of fused-ring (bicyclic) bond motifs is 1. The first-order chi connectivity index (χ1) is 10.4. The molecule has 0 aliphatic heterocycles. The second-order valence-corrected chi connectivity index (χ2v) is 6.24. The molecule has 1 N–H and O–H groups in total. The van der Waals surface area contributed by atoms with Crippen LogP contribution in [0.4, 0.5) is 0 Å². The van der Waals surface area contributed by atoms with E-state index in [0.717, 1.165) is 18.4 Å². The topological polar surface area (TPSA) is 24.9 Å². The van der Waals surface area contributed by atoms with Gasteiger partial charge >= 0.3 is 0 Å². The predicted octanol–water partition coefficient (Wildman–Crippen LogP) is 4.58. The number of benzene rings is 1. The Morgan fingerprint density at radius 3 is 2.86 bits per heavy atom. The highest BCUT2D eigenvalue weighted by molar-refractivity contribution is 7.17. The van der Waals surface area contributed by atoms with E-state index in [-0.39, 0.29) is 0 Å². The van der Waals surface area contributed by atoms with Crippen molar-refractivity contribution in [2.24, 2.45) is 0 Å². The van der Waals surface area contributed by atoms with Crippen LogP contribution >= 0.6 is 11.3 Å². The average molecular weight is 296 g/mol. The number of thiophene rings is 1. The maximum absolute atomic E-state index is 4.55. The molecule has 0 spiro atoms. The van der Waals surface area contributed by atoms with E-state index >= 15 is 0 Å². The Kier molecular flexibility index (Phi) is 4.63. The maximum Gasteiger partial charge on any atom is 0.0809 e. The lowest BCUT2D eigenvalue weighted by Gasteiger charge is -2.16. The SMILES string of the molecule is CNC(CCCc1ccccc1)c1cnc2ccsc2c1. The first kappa shape index (κ1) is 14.2. The van der Waals surface area contributed by atoms with E-state index in [4.69, 9.17) is 0 Å². The summed E-state index contributed by atoms with van der Waals surface area (Å²) < 4.78 is 1.27. The van der Waals surface area contributed by atoms with Crippen LogP contribution in [0.1, 0.15) is 30.0 Å². The van der Waals surface area contributed by atoms with Gasteiger partial charge < -0.3 is 5.32 Å². The molecule has 0 saturated carbocycles. The predicted molar refractivity (Wildman–Crippen MR) is 90.8 cm³/mol. The number of aromatic nitrogens is 1. The van der Waals surface area contributed by atoms with Gasteiger partial charge in [-0.05, 0) is 54.9 Å². The average Bonchev–Trinajstić information content (AvgIpc) is 3.00. The van der Waals surface area contributed by atoms with E-state index in [9.17, 15) is 0 Å². The van der Waals surface area contributed by atoms with Gasteiger partial charge in [-0.15, -0.1) is 11.3 Å². The first-order valence-electron chi connectivity index (χ1n) is 7.41. The third-order valence-electron chi connectivity index (χ3n) is 3.88. The summed E-state index contributed by atoms with van der Waals surface area (Å²) in [4.78, 5) is 4.55. The molecule has 2 aromatic heterocycles. The second kappa shape index (κ2) is 6.83. The van der Waals surface area contributed by atoms with Gasteiger partial charge in [0.2, 0.25) is 0 Å². The minimum atomic E-state index is 0.382. The molecule has 3 aromatic rings. The zero-order valence-corrected chi connectivity index (χ0v) is 13.1. The number of nitrogens with one attached hydrogen (secondary N) is 1. The Morgan fingerprint density at radius 2 is 2.05 bits per heavy atom. The molecule has 0 bridgehead atoms. The smallest absolute Gasteiger partial charge is 0.0809 e. The van der Waals surface area contributed by atoms with Crippen LogP contribution in [-0.2, 0) is 6.42 Å². The van der Waals surface area contributed by atoms with Crippen molar-refractivity contribution in [2.45, 2.75) is 25.3 Å². The summed E-state index contributed by atoms with van der Waals surface area (Å²) >= 11 is 1.76. The first-order valence-corrected chi connectivity index (χ1v) is 8.29. The van der Waals surface area contributed by atoms with E-state index in [1.54, 1.807) is 11.3 Å². The molecule has 1 aromatic carbocycles. The number of hydrogen-bond donors (Lipinski definition) is 1. The number of nitrogens with zero attached hydrogens (tertiary/aromatic N) is 1. The lowest BCUT2D eigenvalue weighted by molar-refractivity contribution is 0.526. The van der Waals surface area contributed by atoms with E-state index in [1.165, 1.54) is 22.2 Å². The van der Waals surface area contributed by atoms with Gasteiger partial charge in [-0.3, -0.25) is 4.98 Å². The fourth-order valence-corrected chi connectivity index (χ4v) is 3.47. The van der Waals surface area contributed by atoms with Crippen LogP contribution in [0.15, 0.2) is 54.0 Å². The van der Waals surface area contributed by atoms with Crippen LogP contribution in [0.2, 0.25) is 0 Å². The van der Waals surface area contributed by atoms with Crippen LogP contribution in [0, 0.1) is 0 Å². The molecule has 21 heavy (non-hydrogen) atoms. The molecule has 3 rings (SSSR count). The van der Waals surface area contributed by atoms with Crippen molar-refractivity contribution in [3.05, 3.63) is 65.2 Å². The molecule has 0 aliphatic rings. The molecule has 2 nitrogen and oxygen atoms in total. The maximum atomic E-state index is 4.55. The Bertz CT molecular complexity index is 691. The molecule has 3 heteroatoms. The summed E-state index contributed by atoms with van der Waals surface area (Å²) in [5, 5.41) is 5.53. The summed E-state index contributed by atoms with van der Waals surface area (Å²) in [6.45, 7) is 0. The molecule has 0 radical (unpaired) electrons. The number of rotatable bonds is 6. The van der Waals surface area contributed by atoms with Crippen LogP contribution < -0.4 is 5.32 Å². The molecule has 2 heterocycles. The molecule has 0 saturated heterocycles. The molecular formula is C18H20N2S. The van der Waals surface area contributed by atoms with Crippen LogP contribution in [-0.4, -0.2) is 12.0 Å². The quantitative estimate of drug-likeness (QED) is 0.720. The van der Waals surface area contributed by atoms with Crippen molar-refractivity contribution < 1.29 is 0 Å². The molecule has 0 fully saturated rings. The Morgan fingerprint density at radius 1 is 1.19 bits per heavy atom. The van der Waals surface area contributed by atoms with Gasteiger partial charge in [0.05, 0.1) is 10.2 Å². The highest BCUT2D eigenvalue weighted by Gasteiger charge is 2.10. The van der Waals surface area contributed by atoms with Crippen molar-refractivity contribution in [3.8, 4) is 0 Å². The Labute approximate surface area is 129 Å². The summed E-state index contributed by atoms with van der Waals surface area (Å²) in [6, 6.07) is 15.4. The Hall–Kier alpha value is -1.71. The minimum Gasteiger partial charge on any atom is -0.313 e. The van der Waals surface area contributed by atoms with E-state index in [2.05, 4.69) is 58.1 Å². The number of pyridine rings is 1. The van der Waals surface area contributed by atoms with E-state index in [0.29, 0.717) is 6.04 Å². The molecule has 108 valence electrons. The van der Waals surface area contributed by atoms with Gasteiger partial charge in [0.15, 0.2) is 0 Å². The number of hydrogen-bond acceptors (Lipinski definition) is 3. The van der Waals surface area contributed by atoms with Gasteiger partial charge in [-0.1, -0.05) is 30.3 Å². The van der Waals surface area contributed by atoms with Gasteiger partial charge in [0.25, 0.3) is 0 Å². The van der Waals surface area contributed by atoms with E-state index < -0.39 is 0 Å². The van der Waals surface area contributed by atoms with Gasteiger partial charge in [0, 0.05) is 12.2 Å². The monoisotopic (exact) mass is 296 g/mol. The largest absolute Gasteiger partial charge is 0.313 e. The summed E-state index contributed by atoms with van der Waals surface area (Å²) in [5.74, 6) is 0. The zero-order valence-electron chi connectivity index (χ0n) is 12.3. The third-order valence-corrected chi connectivity index (χ3v) is 4.73. The fraction of sp³-hybridized carbons (Fsp3) is 0.278. The van der Waals surface area contributed by atoms with Crippen LogP contribution in [0.5, 0.6) is 0 Å². The van der Waals surface area contributed by atoms with Crippen molar-refractivity contribution in [3.63, 3.8) is 0 Å². The van der Waals surface area contributed by atoms with E-state index in [1.807, 2.05) is 13.2 Å². The summed E-state index contributed by atoms with van der Waals surface area (Å²) in [5.41, 5.74) is 3.81. The van der Waals surface area contributed by atoms with Crippen molar-refractivity contribution in [1.82, 2.24) is 10.3 Å². The zero-order chi connectivity index (χ0) is 14.5. The lowest BCUT2D eigenvalue weighted by Crippen LogP contribution is -2.16. The highest BCUT2D eigenvalue weighted by atomic mass is 32.1. The molecule has 0 amide bonds. The minimum absolute atomic E-state index is 0.382. The molecule has 1 unspecified atom stereocenters. The lowest BCUT2D eigenvalue weighted by atomic mass is 10.0. The van der Waals surface area contributed by atoms with Crippen LogP contribution in [0.25, 0.3) is 10.2 Å². The van der Waals surface area contributed by atoms with Crippen LogP contribution in [0.3, 0.4) is 0 Å². The van der Waals surface area contributed by atoms with Gasteiger partial charge in [-0.2, -0.15) is 0 Å². The highest BCUT2D eigenvalue weighted by Crippen LogP contribution is 2.25. The third kappa shape index (κ3) is 3.49. The summed E-state index contributed by atoms with van der Waals surface area (Å²) in [6.07, 6.45) is 5.45. The van der Waals surface area contributed by atoms with Crippen molar-refractivity contribution in [2.75, 3.05) is 7.05 Å². The molecule has 1 atom stereocenters. The standard InChI is InChI=1S/C18H20N2S/c1-19-16(9-5-8-14-6-3-2-4-7-14)15-12-18-17(20-13-15)10-11-21-18/h2-4,6-7,10-13,16,19H,5,8-9H2,1H3. The normalized spacial score (nSPS) is 12.6. The molecule has 0 aliphatic carbocycles. The number of aryl methyl sites for hydroxylation is 1. The molecular weight excluding hydrogens is 276 g/mol. The fourth-order valence-electron chi connectivity index (χ4n) is 2.68.